The lowest BCUT2D eigenvalue weighted by molar-refractivity contribution is 0.207. The Kier molecular flexibility index (Phi) is 4.17. The quantitative estimate of drug-likeness (QED) is 0.515. The van der Waals surface area contributed by atoms with Crippen LogP contribution in [0, 0.1) is 0 Å². The topological polar surface area (TPSA) is 87.6 Å². The maximum absolute atomic E-state index is 4.61. The number of H-pyrrole nitrogens is 1. The summed E-state index contributed by atoms with van der Waals surface area (Å²) >= 11 is 0. The molecule has 4 aromatic rings. The molecule has 0 spiro atoms. The summed E-state index contributed by atoms with van der Waals surface area (Å²) in [6, 6.07) is 10.6. The Morgan fingerprint density at radius 3 is 2.56 bits per heavy atom. The molecule has 0 aliphatic carbocycles. The van der Waals surface area contributed by atoms with Crippen LogP contribution in [0.2, 0.25) is 0 Å². The fraction of sp³-hybridized carbons (Fsp3) is 0.417. The van der Waals surface area contributed by atoms with Crippen LogP contribution in [-0.2, 0) is 0 Å². The van der Waals surface area contributed by atoms with Crippen LogP contribution in [0.15, 0.2) is 48.9 Å². The molecule has 3 aromatic heterocycles. The van der Waals surface area contributed by atoms with E-state index in [4.69, 9.17) is 0 Å². The van der Waals surface area contributed by atoms with E-state index in [1.165, 1.54) is 12.8 Å². The summed E-state index contributed by atoms with van der Waals surface area (Å²) in [6.45, 7) is 4.71. The molecule has 1 unspecified atom stereocenters. The highest BCUT2D eigenvalue weighted by molar-refractivity contribution is 5.97. The molecule has 2 saturated heterocycles. The zero-order valence-electron chi connectivity index (χ0n) is 18.7. The molecule has 2 fully saturated rings. The molecule has 5 heterocycles. The minimum absolute atomic E-state index is 0.224. The lowest BCUT2D eigenvalue weighted by atomic mass is 9.84. The monoisotopic (exact) mass is 428 g/mol. The van der Waals surface area contributed by atoms with Crippen LogP contribution in [-0.4, -0.2) is 54.3 Å². The Morgan fingerprint density at radius 1 is 1.06 bits per heavy atom. The highest BCUT2D eigenvalue weighted by atomic mass is 15.3. The van der Waals surface area contributed by atoms with Crippen molar-refractivity contribution in [2.24, 2.45) is 0 Å². The van der Waals surface area contributed by atoms with Gasteiger partial charge in [-0.25, -0.2) is 4.68 Å². The first-order chi connectivity index (χ1) is 15.4. The van der Waals surface area contributed by atoms with Gasteiger partial charge in [0.1, 0.15) is 0 Å². The summed E-state index contributed by atoms with van der Waals surface area (Å²) in [5.41, 5.74) is 4.17. The number of benzene rings is 1. The predicted molar refractivity (Wildman–Crippen MR) is 125 cm³/mol. The normalized spacial score (nSPS) is 27.2. The Morgan fingerprint density at radius 2 is 1.88 bits per heavy atom. The molecule has 2 aliphatic heterocycles. The number of nitrogens with zero attached hydrogens (tertiary/aromatic N) is 6. The molecule has 0 amide bonds. The Balaban J connectivity index is 1.29. The molecule has 2 aliphatic rings. The molecule has 2 bridgehead atoms. The summed E-state index contributed by atoms with van der Waals surface area (Å²) < 4.78 is 1.85. The van der Waals surface area contributed by atoms with E-state index in [9.17, 15) is 0 Å². The number of aromatic nitrogens is 6. The first-order valence-corrected chi connectivity index (χ1v) is 11.3. The molecule has 0 radical (unpaired) electrons. The maximum Gasteiger partial charge on any atom is 0.151 e. The Labute approximate surface area is 187 Å². The van der Waals surface area contributed by atoms with Crippen LogP contribution in [0.4, 0.5) is 5.82 Å². The summed E-state index contributed by atoms with van der Waals surface area (Å²) in [7, 11) is 2.15. The Bertz CT molecular complexity index is 1240. The van der Waals surface area contributed by atoms with Crippen LogP contribution in [0.25, 0.3) is 27.8 Å². The highest BCUT2D eigenvalue weighted by Gasteiger charge is 2.49. The third-order valence-electron chi connectivity index (χ3n) is 7.38. The number of rotatable bonds is 4. The standard InChI is InChI=1S/C24H28N8/c1-23-9-10-24(2,30-23)14-16(13-23)31(3)21-8-6-19(27-28-21)17-5-7-20(32-12-4-11-26-32)18-15-25-29-22(17)18/h4-8,11-12,15-16,30H,9-10,13-14H2,1-3H3,(H,25,29)/t16?,23-,24+. The summed E-state index contributed by atoms with van der Waals surface area (Å²) in [5.74, 6) is 0.918. The summed E-state index contributed by atoms with van der Waals surface area (Å²) in [5, 5.41) is 25.8. The van der Waals surface area contributed by atoms with Crippen molar-refractivity contribution in [2.75, 3.05) is 11.9 Å². The fourth-order valence-electron chi connectivity index (χ4n) is 5.79. The minimum atomic E-state index is 0.224. The van der Waals surface area contributed by atoms with Crippen molar-refractivity contribution in [1.82, 2.24) is 35.5 Å². The smallest absolute Gasteiger partial charge is 0.151 e. The van der Waals surface area contributed by atoms with Crippen LogP contribution in [0.3, 0.4) is 0 Å². The molecule has 164 valence electrons. The third kappa shape index (κ3) is 3.09. The number of hydrogen-bond donors (Lipinski definition) is 2. The maximum atomic E-state index is 4.61. The van der Waals surface area contributed by atoms with Crippen LogP contribution in [0.5, 0.6) is 0 Å². The van der Waals surface area contributed by atoms with Crippen molar-refractivity contribution in [2.45, 2.75) is 56.7 Å². The van der Waals surface area contributed by atoms with E-state index in [1.54, 1.807) is 6.20 Å². The van der Waals surface area contributed by atoms with E-state index in [0.717, 1.165) is 46.5 Å². The van der Waals surface area contributed by atoms with E-state index >= 15 is 0 Å². The number of hydrogen-bond acceptors (Lipinski definition) is 6. The molecular formula is C24H28N8. The van der Waals surface area contributed by atoms with Crippen molar-refractivity contribution in [3.63, 3.8) is 0 Å². The van der Waals surface area contributed by atoms with Gasteiger partial charge in [-0.05, 0) is 69.9 Å². The van der Waals surface area contributed by atoms with E-state index in [-0.39, 0.29) is 11.1 Å². The molecule has 1 aromatic carbocycles. The van der Waals surface area contributed by atoms with E-state index < -0.39 is 0 Å². The predicted octanol–water partition coefficient (Wildman–Crippen LogP) is 3.71. The third-order valence-corrected chi connectivity index (χ3v) is 7.38. The van der Waals surface area contributed by atoms with Gasteiger partial charge in [-0.3, -0.25) is 5.10 Å². The first kappa shape index (κ1) is 19.4. The van der Waals surface area contributed by atoms with Crippen LogP contribution < -0.4 is 10.2 Å². The van der Waals surface area contributed by atoms with Gasteiger partial charge in [0.05, 0.1) is 23.1 Å². The van der Waals surface area contributed by atoms with Gasteiger partial charge in [0, 0.05) is 47.5 Å². The summed E-state index contributed by atoms with van der Waals surface area (Å²) in [6.07, 6.45) is 10.3. The van der Waals surface area contributed by atoms with Gasteiger partial charge in [-0.2, -0.15) is 10.2 Å². The summed E-state index contributed by atoms with van der Waals surface area (Å²) in [4.78, 5) is 2.31. The SMILES string of the molecule is CN(c1ccc(-c2ccc(-n3cccn3)c3cn[nH]c23)nn1)C1C[C@]2(C)CC[C@](C)(C1)N2. The number of anilines is 1. The van der Waals surface area contributed by atoms with Crippen LogP contribution in [0.1, 0.15) is 39.5 Å². The van der Waals surface area contributed by atoms with Gasteiger partial charge in [0.15, 0.2) is 5.82 Å². The molecule has 8 heteroatoms. The van der Waals surface area contributed by atoms with Crippen molar-refractivity contribution < 1.29 is 0 Å². The van der Waals surface area contributed by atoms with Crippen molar-refractivity contribution in [3.05, 3.63) is 48.9 Å². The first-order valence-electron chi connectivity index (χ1n) is 11.3. The number of fused-ring (bicyclic) bond motifs is 3. The molecular weight excluding hydrogens is 400 g/mol. The Hall–Kier alpha value is -3.26. The van der Waals surface area contributed by atoms with Gasteiger partial charge >= 0.3 is 0 Å². The lowest BCUT2D eigenvalue weighted by Crippen LogP contribution is -2.58. The van der Waals surface area contributed by atoms with Gasteiger partial charge < -0.3 is 10.2 Å². The zero-order chi connectivity index (χ0) is 21.9. The van der Waals surface area contributed by atoms with Crippen molar-refractivity contribution in [3.8, 4) is 16.9 Å². The highest BCUT2D eigenvalue weighted by Crippen LogP contribution is 2.43. The second-order valence-electron chi connectivity index (χ2n) is 9.94. The van der Waals surface area contributed by atoms with Crippen molar-refractivity contribution >= 4 is 16.7 Å². The van der Waals surface area contributed by atoms with Crippen LogP contribution >= 0.6 is 0 Å². The zero-order valence-corrected chi connectivity index (χ0v) is 18.7. The van der Waals surface area contributed by atoms with Gasteiger partial charge in [0.2, 0.25) is 0 Å². The molecule has 3 atom stereocenters. The number of piperidine rings is 1. The lowest BCUT2D eigenvalue weighted by Gasteiger charge is -2.45. The van der Waals surface area contributed by atoms with E-state index in [1.807, 2.05) is 29.2 Å². The van der Waals surface area contributed by atoms with Gasteiger partial charge in [-0.15, -0.1) is 10.2 Å². The number of aromatic amines is 1. The second-order valence-corrected chi connectivity index (χ2v) is 9.94. The minimum Gasteiger partial charge on any atom is -0.355 e. The molecule has 6 rings (SSSR count). The second kappa shape index (κ2) is 6.87. The average Bonchev–Trinajstić information content (AvgIpc) is 3.52. The van der Waals surface area contributed by atoms with E-state index in [2.05, 4.69) is 74.8 Å². The van der Waals surface area contributed by atoms with Crippen molar-refractivity contribution in [1.29, 1.82) is 0 Å². The van der Waals surface area contributed by atoms with Gasteiger partial charge in [-0.1, -0.05) is 0 Å². The molecule has 2 N–H and O–H groups in total. The molecule has 0 saturated carbocycles. The van der Waals surface area contributed by atoms with E-state index in [0.29, 0.717) is 6.04 Å². The largest absolute Gasteiger partial charge is 0.355 e. The fourth-order valence-corrected chi connectivity index (χ4v) is 5.79. The average molecular weight is 429 g/mol. The van der Waals surface area contributed by atoms with Gasteiger partial charge in [0.25, 0.3) is 0 Å². The number of nitrogens with one attached hydrogen (secondary N) is 2. The molecule has 32 heavy (non-hydrogen) atoms. The molecule has 8 nitrogen and oxygen atoms in total.